The van der Waals surface area contributed by atoms with Gasteiger partial charge in [0.05, 0.1) is 12.5 Å². The molecule has 1 aliphatic carbocycles. The minimum atomic E-state index is -0.947. The van der Waals surface area contributed by atoms with Crippen molar-refractivity contribution in [2.24, 2.45) is 5.92 Å². The maximum absolute atomic E-state index is 14.7. The minimum absolute atomic E-state index is 0.0407. The number of ether oxygens (including phenoxy) is 2. The molecule has 1 aliphatic rings. The smallest absolute Gasteiger partial charge is 0.309 e. The zero-order valence-electron chi connectivity index (χ0n) is 19.4. The minimum Gasteiger partial charge on any atom is -0.490 e. The van der Waals surface area contributed by atoms with E-state index in [9.17, 15) is 13.6 Å². The molecule has 1 aromatic rings. The number of carbonyl (C=O) groups excluding carboxylic acids is 1. The van der Waals surface area contributed by atoms with Crippen molar-refractivity contribution in [3.05, 3.63) is 29.3 Å². The van der Waals surface area contributed by atoms with Crippen LogP contribution in [0, 0.1) is 17.6 Å². The molecule has 31 heavy (non-hydrogen) atoms. The second kappa shape index (κ2) is 14.4. The van der Waals surface area contributed by atoms with Crippen LogP contribution in [0.2, 0.25) is 0 Å². The molecule has 3 nitrogen and oxygen atoms in total. The van der Waals surface area contributed by atoms with Crippen molar-refractivity contribution >= 4 is 5.97 Å². The van der Waals surface area contributed by atoms with E-state index in [0.29, 0.717) is 13.0 Å². The van der Waals surface area contributed by atoms with Crippen molar-refractivity contribution < 1.29 is 23.0 Å². The van der Waals surface area contributed by atoms with Crippen molar-refractivity contribution in [3.63, 3.8) is 0 Å². The Balaban J connectivity index is 1.88. The van der Waals surface area contributed by atoms with Gasteiger partial charge in [-0.05, 0) is 37.3 Å². The number of carbonyl (C=O) groups is 1. The lowest BCUT2D eigenvalue weighted by molar-refractivity contribution is -0.155. The molecule has 0 spiro atoms. The van der Waals surface area contributed by atoms with Gasteiger partial charge < -0.3 is 9.47 Å². The fourth-order valence-corrected chi connectivity index (χ4v) is 4.27. The summed E-state index contributed by atoms with van der Waals surface area (Å²) in [4.78, 5) is 12.5. The van der Waals surface area contributed by atoms with Gasteiger partial charge in [0, 0.05) is 6.42 Å². The molecule has 0 aliphatic heterocycles. The highest BCUT2D eigenvalue weighted by Gasteiger charge is 2.26. The van der Waals surface area contributed by atoms with E-state index in [1.807, 2.05) is 6.92 Å². The molecule has 5 heteroatoms. The Morgan fingerprint density at radius 2 is 1.68 bits per heavy atom. The van der Waals surface area contributed by atoms with E-state index in [2.05, 4.69) is 6.92 Å². The Hall–Kier alpha value is -1.65. The molecule has 0 N–H and O–H groups in total. The van der Waals surface area contributed by atoms with Crippen molar-refractivity contribution in [2.75, 3.05) is 6.61 Å². The second-order valence-corrected chi connectivity index (χ2v) is 8.85. The summed E-state index contributed by atoms with van der Waals surface area (Å²) in [6, 6.07) is 3.06. The zero-order chi connectivity index (χ0) is 22.5. The third-order valence-electron chi connectivity index (χ3n) is 6.16. The van der Waals surface area contributed by atoms with Crippen LogP contribution in [-0.2, 0) is 16.0 Å². The molecule has 1 saturated carbocycles. The molecular formula is C26H40F2O3. The van der Waals surface area contributed by atoms with Gasteiger partial charge in [-0.25, -0.2) is 4.39 Å². The van der Waals surface area contributed by atoms with Crippen LogP contribution < -0.4 is 4.74 Å². The Morgan fingerprint density at radius 3 is 2.39 bits per heavy atom. The first-order valence-corrected chi connectivity index (χ1v) is 12.4. The lowest BCUT2D eigenvalue weighted by Crippen LogP contribution is -2.27. The predicted octanol–water partition coefficient (Wildman–Crippen LogP) is 7.54. The van der Waals surface area contributed by atoms with E-state index in [-0.39, 0.29) is 29.6 Å². The van der Waals surface area contributed by atoms with Gasteiger partial charge in [0.1, 0.15) is 6.10 Å². The zero-order valence-corrected chi connectivity index (χ0v) is 19.4. The van der Waals surface area contributed by atoms with E-state index in [0.717, 1.165) is 51.4 Å². The number of halogens is 2. The average molecular weight is 439 g/mol. The number of unbranched alkanes of at least 4 members (excludes halogenated alkanes) is 5. The molecule has 0 heterocycles. The average Bonchev–Trinajstić information content (AvgIpc) is 2.78. The molecule has 0 radical (unpaired) electrons. The summed E-state index contributed by atoms with van der Waals surface area (Å²) in [6.07, 6.45) is 12.9. The Morgan fingerprint density at radius 1 is 0.968 bits per heavy atom. The van der Waals surface area contributed by atoms with Crippen LogP contribution in [0.4, 0.5) is 8.78 Å². The quantitative estimate of drug-likeness (QED) is 0.222. The van der Waals surface area contributed by atoms with Crippen LogP contribution in [0.25, 0.3) is 0 Å². The summed E-state index contributed by atoms with van der Waals surface area (Å²) in [5.41, 5.74) is 0.235. The molecule has 0 bridgehead atoms. The first-order valence-electron chi connectivity index (χ1n) is 12.4. The van der Waals surface area contributed by atoms with Gasteiger partial charge in [-0.15, -0.1) is 0 Å². The summed E-state index contributed by atoms with van der Waals surface area (Å²) >= 11 is 0. The highest BCUT2D eigenvalue weighted by atomic mass is 19.2. The molecular weight excluding hydrogens is 398 g/mol. The number of rotatable bonds is 14. The first-order chi connectivity index (χ1) is 15.1. The third kappa shape index (κ3) is 8.78. The molecule has 176 valence electrons. The van der Waals surface area contributed by atoms with Crippen molar-refractivity contribution in [1.29, 1.82) is 0 Å². The Kier molecular flexibility index (Phi) is 11.9. The maximum atomic E-state index is 14.7. The first kappa shape index (κ1) is 25.6. The fourth-order valence-electron chi connectivity index (χ4n) is 4.27. The van der Waals surface area contributed by atoms with Gasteiger partial charge in [0.15, 0.2) is 11.6 Å². The topological polar surface area (TPSA) is 35.5 Å². The summed E-state index contributed by atoms with van der Waals surface area (Å²) in [7, 11) is 0. The SMILES string of the molecule is CCCCCCCCOc1ccc(CC(CCC)OC(=O)C2CCCCC2)c(F)c1F. The predicted molar refractivity (Wildman–Crippen MR) is 120 cm³/mol. The van der Waals surface area contributed by atoms with Crippen LogP contribution >= 0.6 is 0 Å². The van der Waals surface area contributed by atoms with Gasteiger partial charge in [0.25, 0.3) is 0 Å². The van der Waals surface area contributed by atoms with Crippen LogP contribution in [0.3, 0.4) is 0 Å². The maximum Gasteiger partial charge on any atom is 0.309 e. The van der Waals surface area contributed by atoms with Crippen LogP contribution in [-0.4, -0.2) is 18.7 Å². The second-order valence-electron chi connectivity index (χ2n) is 8.85. The molecule has 0 saturated heterocycles. The van der Waals surface area contributed by atoms with E-state index in [4.69, 9.17) is 9.47 Å². The molecule has 0 amide bonds. The van der Waals surface area contributed by atoms with Crippen molar-refractivity contribution in [2.45, 2.75) is 110 Å². The summed E-state index contributed by atoms with van der Waals surface area (Å²) in [5.74, 6) is -2.11. The lowest BCUT2D eigenvalue weighted by atomic mass is 9.89. The van der Waals surface area contributed by atoms with E-state index < -0.39 is 17.7 Å². The van der Waals surface area contributed by atoms with Gasteiger partial charge >= 0.3 is 5.97 Å². The molecule has 1 unspecified atom stereocenters. The van der Waals surface area contributed by atoms with Crippen molar-refractivity contribution in [1.82, 2.24) is 0 Å². The molecule has 1 atom stereocenters. The normalized spacial score (nSPS) is 15.6. The third-order valence-corrected chi connectivity index (χ3v) is 6.16. The fraction of sp³-hybridized carbons (Fsp3) is 0.731. The van der Waals surface area contributed by atoms with Gasteiger partial charge in [-0.1, -0.05) is 77.7 Å². The summed E-state index contributed by atoms with van der Waals surface area (Å²) in [5, 5.41) is 0. The number of benzene rings is 1. The highest BCUT2D eigenvalue weighted by molar-refractivity contribution is 5.72. The largest absolute Gasteiger partial charge is 0.490 e. The van der Waals surface area contributed by atoms with Crippen molar-refractivity contribution in [3.8, 4) is 5.75 Å². The molecule has 2 rings (SSSR count). The van der Waals surface area contributed by atoms with Gasteiger partial charge in [-0.2, -0.15) is 4.39 Å². The van der Waals surface area contributed by atoms with E-state index in [1.165, 1.54) is 31.7 Å². The number of esters is 1. The Bertz CT molecular complexity index is 656. The van der Waals surface area contributed by atoms with E-state index >= 15 is 0 Å². The van der Waals surface area contributed by atoms with Crippen LogP contribution in [0.5, 0.6) is 5.75 Å². The molecule has 1 aromatic carbocycles. The molecule has 1 fully saturated rings. The van der Waals surface area contributed by atoms with Gasteiger partial charge in [-0.3, -0.25) is 4.79 Å². The standard InChI is InChI=1S/C26H40F2O3/c1-3-5-6-7-8-12-18-30-23-17-16-21(24(27)25(23)28)19-22(13-4-2)31-26(29)20-14-10-9-11-15-20/h16-17,20,22H,3-15,18-19H2,1-2H3. The lowest BCUT2D eigenvalue weighted by Gasteiger charge is -2.24. The number of hydrogen-bond acceptors (Lipinski definition) is 3. The summed E-state index contributed by atoms with van der Waals surface area (Å²) in [6.45, 7) is 4.56. The Labute approximate surface area is 186 Å². The molecule has 0 aromatic heterocycles. The van der Waals surface area contributed by atoms with E-state index in [1.54, 1.807) is 6.07 Å². The van der Waals surface area contributed by atoms with Crippen LogP contribution in [0.15, 0.2) is 12.1 Å². The summed E-state index contributed by atoms with van der Waals surface area (Å²) < 4.78 is 40.4. The van der Waals surface area contributed by atoms with Crippen LogP contribution in [0.1, 0.15) is 103 Å². The number of hydrogen-bond donors (Lipinski definition) is 0. The monoisotopic (exact) mass is 438 g/mol. The highest BCUT2D eigenvalue weighted by Crippen LogP contribution is 2.28. The van der Waals surface area contributed by atoms with Gasteiger partial charge in [0.2, 0.25) is 5.82 Å².